The van der Waals surface area contributed by atoms with Crippen molar-refractivity contribution in [2.45, 2.75) is 18.9 Å². The zero-order valence-electron chi connectivity index (χ0n) is 12.1. The lowest BCUT2D eigenvalue weighted by molar-refractivity contribution is -0.120. The summed E-state index contributed by atoms with van der Waals surface area (Å²) in [6.45, 7) is 0.855. The lowest BCUT2D eigenvalue weighted by Gasteiger charge is -2.16. The van der Waals surface area contributed by atoms with E-state index in [1.807, 2.05) is 36.4 Å². The number of carbonyl (C=O) groups excluding carboxylic acids is 1. The second-order valence-electron chi connectivity index (χ2n) is 5.66. The number of fused-ring (bicyclic) bond motifs is 1. The Kier molecular flexibility index (Phi) is 3.80. The van der Waals surface area contributed by atoms with Crippen molar-refractivity contribution >= 4 is 16.7 Å². The molecular weight excluding hydrogens is 264 g/mol. The lowest BCUT2D eigenvalue weighted by Crippen LogP contribution is -2.34. The number of methoxy groups -OCH3 is 1. The highest BCUT2D eigenvalue weighted by molar-refractivity contribution is 5.87. The molecule has 0 spiro atoms. The molecule has 2 aromatic carbocycles. The summed E-state index contributed by atoms with van der Waals surface area (Å²) in [5.74, 6) is 1.20. The van der Waals surface area contributed by atoms with Gasteiger partial charge in [-0.1, -0.05) is 18.2 Å². The average Bonchev–Trinajstić information content (AvgIpc) is 3.30. The van der Waals surface area contributed by atoms with Crippen LogP contribution >= 0.6 is 0 Å². The predicted molar refractivity (Wildman–Crippen MR) is 83.2 cm³/mol. The Labute approximate surface area is 124 Å². The number of rotatable bonds is 6. The molecule has 21 heavy (non-hydrogen) atoms. The van der Waals surface area contributed by atoms with Gasteiger partial charge in [0, 0.05) is 0 Å². The molecule has 1 unspecified atom stereocenters. The van der Waals surface area contributed by atoms with Crippen LogP contribution in [0, 0.1) is 5.92 Å². The Morgan fingerprint density at radius 3 is 2.67 bits per heavy atom. The second kappa shape index (κ2) is 5.74. The summed E-state index contributed by atoms with van der Waals surface area (Å²) in [4.78, 5) is 11.7. The van der Waals surface area contributed by atoms with Crippen LogP contribution in [0.2, 0.25) is 0 Å². The Balaban J connectivity index is 1.87. The quantitative estimate of drug-likeness (QED) is 0.856. The molecule has 110 valence electrons. The van der Waals surface area contributed by atoms with Crippen LogP contribution in [0.1, 0.15) is 24.4 Å². The van der Waals surface area contributed by atoms with E-state index in [0.717, 1.165) is 28.6 Å². The minimum atomic E-state index is -0.419. The van der Waals surface area contributed by atoms with Crippen molar-refractivity contribution in [1.29, 1.82) is 0 Å². The molecule has 1 saturated carbocycles. The van der Waals surface area contributed by atoms with Gasteiger partial charge in [0.05, 0.1) is 7.11 Å². The van der Waals surface area contributed by atoms with Crippen LogP contribution in [-0.4, -0.2) is 19.6 Å². The smallest absolute Gasteiger partial charge is 0.239 e. The largest absolute Gasteiger partial charge is 0.497 e. The Hall–Kier alpha value is -2.07. The van der Waals surface area contributed by atoms with Gasteiger partial charge in [-0.3, -0.25) is 4.79 Å². The molecule has 4 heteroatoms. The third-order valence-corrected chi connectivity index (χ3v) is 4.00. The van der Waals surface area contributed by atoms with Crippen molar-refractivity contribution in [3.8, 4) is 5.75 Å². The van der Waals surface area contributed by atoms with Gasteiger partial charge in [0.25, 0.3) is 0 Å². The maximum atomic E-state index is 11.7. The summed E-state index contributed by atoms with van der Waals surface area (Å²) in [5.41, 5.74) is 6.46. The number of carbonyl (C=O) groups is 1. The number of nitrogens with two attached hydrogens (primary N) is 1. The SMILES string of the molecule is COc1ccc2cc(C(NCC3CC3)C(N)=O)ccc2c1. The van der Waals surface area contributed by atoms with Gasteiger partial charge >= 0.3 is 0 Å². The lowest BCUT2D eigenvalue weighted by atomic mass is 10.0. The van der Waals surface area contributed by atoms with Crippen LogP contribution in [0.5, 0.6) is 5.75 Å². The molecule has 0 bridgehead atoms. The molecule has 2 aromatic rings. The fraction of sp³-hybridized carbons (Fsp3) is 0.353. The molecule has 1 aliphatic rings. The summed E-state index contributed by atoms with van der Waals surface area (Å²) in [6.07, 6.45) is 2.49. The Morgan fingerprint density at radius 2 is 2.00 bits per heavy atom. The van der Waals surface area contributed by atoms with Crippen molar-refractivity contribution in [2.24, 2.45) is 11.7 Å². The topological polar surface area (TPSA) is 64.3 Å². The van der Waals surface area contributed by atoms with Crippen molar-refractivity contribution in [2.75, 3.05) is 13.7 Å². The van der Waals surface area contributed by atoms with Gasteiger partial charge in [0.15, 0.2) is 0 Å². The molecule has 0 aliphatic heterocycles. The normalized spacial score (nSPS) is 15.9. The summed E-state index contributed by atoms with van der Waals surface area (Å²) >= 11 is 0. The molecule has 1 amide bonds. The van der Waals surface area contributed by atoms with Gasteiger partial charge < -0.3 is 15.8 Å². The van der Waals surface area contributed by atoms with E-state index in [2.05, 4.69) is 5.32 Å². The molecule has 1 fully saturated rings. The number of ether oxygens (including phenoxy) is 1. The maximum Gasteiger partial charge on any atom is 0.239 e. The number of nitrogens with one attached hydrogen (secondary N) is 1. The summed E-state index contributed by atoms with van der Waals surface area (Å²) in [7, 11) is 1.65. The molecule has 4 nitrogen and oxygen atoms in total. The molecule has 0 saturated heterocycles. The minimum absolute atomic E-state index is 0.330. The Morgan fingerprint density at radius 1 is 1.29 bits per heavy atom. The number of benzene rings is 2. The molecule has 0 heterocycles. The first-order valence-electron chi connectivity index (χ1n) is 7.28. The van der Waals surface area contributed by atoms with Crippen LogP contribution in [0.3, 0.4) is 0 Å². The first-order chi connectivity index (χ1) is 10.2. The fourth-order valence-electron chi connectivity index (χ4n) is 2.54. The van der Waals surface area contributed by atoms with Crippen molar-refractivity contribution in [3.63, 3.8) is 0 Å². The minimum Gasteiger partial charge on any atom is -0.497 e. The van der Waals surface area contributed by atoms with Crippen LogP contribution in [-0.2, 0) is 4.79 Å². The zero-order chi connectivity index (χ0) is 14.8. The highest BCUT2D eigenvalue weighted by atomic mass is 16.5. The monoisotopic (exact) mass is 284 g/mol. The van der Waals surface area contributed by atoms with Crippen LogP contribution in [0.25, 0.3) is 10.8 Å². The van der Waals surface area contributed by atoms with Gasteiger partial charge in [-0.15, -0.1) is 0 Å². The number of primary amides is 1. The van der Waals surface area contributed by atoms with E-state index in [9.17, 15) is 4.79 Å². The van der Waals surface area contributed by atoms with E-state index in [-0.39, 0.29) is 5.91 Å². The van der Waals surface area contributed by atoms with Gasteiger partial charge in [-0.25, -0.2) is 0 Å². The standard InChI is InChI=1S/C17H20N2O2/c1-21-15-7-6-12-8-14(5-4-13(12)9-15)16(17(18)20)19-10-11-2-3-11/h4-9,11,16,19H,2-3,10H2,1H3,(H2,18,20). The molecule has 0 aromatic heterocycles. The van der Waals surface area contributed by atoms with Crippen LogP contribution in [0.4, 0.5) is 0 Å². The summed E-state index contributed by atoms with van der Waals surface area (Å²) in [6, 6.07) is 11.5. The van der Waals surface area contributed by atoms with Crippen molar-refractivity contribution < 1.29 is 9.53 Å². The maximum absolute atomic E-state index is 11.7. The zero-order valence-corrected chi connectivity index (χ0v) is 12.1. The fourth-order valence-corrected chi connectivity index (χ4v) is 2.54. The van der Waals surface area contributed by atoms with Gasteiger partial charge in [-0.2, -0.15) is 0 Å². The molecule has 3 N–H and O–H groups in total. The van der Waals surface area contributed by atoms with Crippen LogP contribution < -0.4 is 15.8 Å². The van der Waals surface area contributed by atoms with Crippen molar-refractivity contribution in [1.82, 2.24) is 5.32 Å². The molecule has 3 rings (SSSR count). The van der Waals surface area contributed by atoms with Crippen molar-refractivity contribution in [3.05, 3.63) is 42.0 Å². The third kappa shape index (κ3) is 3.16. The summed E-state index contributed by atoms with van der Waals surface area (Å²) in [5, 5.41) is 5.45. The Bertz CT molecular complexity index is 665. The van der Waals surface area contributed by atoms with E-state index >= 15 is 0 Å². The van der Waals surface area contributed by atoms with E-state index in [4.69, 9.17) is 10.5 Å². The average molecular weight is 284 g/mol. The number of amides is 1. The van der Waals surface area contributed by atoms with Gasteiger partial charge in [0.2, 0.25) is 5.91 Å². The third-order valence-electron chi connectivity index (χ3n) is 4.00. The van der Waals surface area contributed by atoms with E-state index in [1.165, 1.54) is 12.8 Å². The van der Waals surface area contributed by atoms with Gasteiger partial charge in [0.1, 0.15) is 11.8 Å². The second-order valence-corrected chi connectivity index (χ2v) is 5.66. The first-order valence-corrected chi connectivity index (χ1v) is 7.28. The van der Waals surface area contributed by atoms with E-state index in [1.54, 1.807) is 7.11 Å². The molecule has 1 atom stereocenters. The predicted octanol–water partition coefficient (Wildman–Crippen LogP) is 2.37. The van der Waals surface area contributed by atoms with Gasteiger partial charge in [-0.05, 0) is 59.8 Å². The first kappa shape index (κ1) is 13.9. The molecular formula is C17H20N2O2. The number of hydrogen-bond acceptors (Lipinski definition) is 3. The van der Waals surface area contributed by atoms with E-state index < -0.39 is 6.04 Å². The number of hydrogen-bond donors (Lipinski definition) is 2. The highest BCUT2D eigenvalue weighted by Gasteiger charge is 2.24. The van der Waals surface area contributed by atoms with Crippen LogP contribution in [0.15, 0.2) is 36.4 Å². The highest BCUT2D eigenvalue weighted by Crippen LogP contribution is 2.29. The summed E-state index contributed by atoms with van der Waals surface area (Å²) < 4.78 is 5.22. The van der Waals surface area contributed by atoms with E-state index in [0.29, 0.717) is 5.92 Å². The molecule has 1 aliphatic carbocycles. The molecule has 0 radical (unpaired) electrons.